The fraction of sp³-hybridized carbons (Fsp3) is 0.345. The highest BCUT2D eigenvalue weighted by molar-refractivity contribution is 5.86. The standard InChI is InChI=1S/C55H63N/c1-51(2,3)40-21-25-45(26-22-40)56(46-27-28-48-47-17-15-16-18-49(47)55(13,14)50(48)35-46)44-23-19-36(20-24-44)37-29-38(31-41(30-37)52(4,5)6)39-32-42(53(7,8)9)34-43(33-39)54(10,11)12/h15-35H,1-14H3. The number of hydrogen-bond donors (Lipinski definition) is 0. The molecular formula is C55H63N. The van der Waals surface area contributed by atoms with E-state index in [4.69, 9.17) is 0 Å². The molecule has 288 valence electrons. The molecule has 0 aliphatic heterocycles. The van der Waals surface area contributed by atoms with Crippen LogP contribution in [-0.2, 0) is 27.1 Å². The number of rotatable bonds is 5. The third kappa shape index (κ3) is 7.50. The second kappa shape index (κ2) is 13.7. The van der Waals surface area contributed by atoms with E-state index < -0.39 is 0 Å². The van der Waals surface area contributed by atoms with Gasteiger partial charge in [-0.25, -0.2) is 0 Å². The van der Waals surface area contributed by atoms with Crippen LogP contribution < -0.4 is 4.90 Å². The highest BCUT2D eigenvalue weighted by atomic mass is 15.1. The van der Waals surface area contributed by atoms with Gasteiger partial charge < -0.3 is 4.90 Å². The van der Waals surface area contributed by atoms with Gasteiger partial charge in [-0.2, -0.15) is 0 Å². The number of nitrogens with zero attached hydrogens (tertiary/aromatic N) is 1. The Bertz CT molecular complexity index is 2360. The molecule has 0 fully saturated rings. The van der Waals surface area contributed by atoms with Gasteiger partial charge in [0.25, 0.3) is 0 Å². The molecule has 0 saturated heterocycles. The van der Waals surface area contributed by atoms with Crippen molar-refractivity contribution in [3.8, 4) is 33.4 Å². The molecule has 0 amide bonds. The lowest BCUT2D eigenvalue weighted by atomic mass is 9.78. The molecule has 0 N–H and O–H groups in total. The summed E-state index contributed by atoms with van der Waals surface area (Å²) in [6.45, 7) is 32.5. The van der Waals surface area contributed by atoms with Crippen LogP contribution in [-0.4, -0.2) is 0 Å². The Morgan fingerprint density at radius 2 is 0.750 bits per heavy atom. The van der Waals surface area contributed by atoms with Crippen LogP contribution in [0.25, 0.3) is 33.4 Å². The van der Waals surface area contributed by atoms with Crippen molar-refractivity contribution in [2.75, 3.05) is 4.90 Å². The van der Waals surface area contributed by atoms with Gasteiger partial charge in [-0.1, -0.05) is 182 Å². The summed E-state index contributed by atoms with van der Waals surface area (Å²) in [7, 11) is 0. The maximum absolute atomic E-state index is 2.43. The molecule has 6 aromatic rings. The second-order valence-corrected chi connectivity index (χ2v) is 20.9. The van der Waals surface area contributed by atoms with Gasteiger partial charge in [0.1, 0.15) is 0 Å². The second-order valence-electron chi connectivity index (χ2n) is 20.9. The topological polar surface area (TPSA) is 3.24 Å². The fourth-order valence-electron chi connectivity index (χ4n) is 8.25. The third-order valence-corrected chi connectivity index (χ3v) is 12.1. The van der Waals surface area contributed by atoms with Crippen LogP contribution in [0.2, 0.25) is 0 Å². The summed E-state index contributed by atoms with van der Waals surface area (Å²) >= 11 is 0. The summed E-state index contributed by atoms with van der Waals surface area (Å²) in [4.78, 5) is 2.43. The van der Waals surface area contributed by atoms with Gasteiger partial charge >= 0.3 is 0 Å². The number of benzene rings is 6. The quantitative estimate of drug-likeness (QED) is 0.170. The van der Waals surface area contributed by atoms with Crippen molar-refractivity contribution < 1.29 is 0 Å². The summed E-state index contributed by atoms with van der Waals surface area (Å²) < 4.78 is 0. The van der Waals surface area contributed by atoms with Gasteiger partial charge in [-0.15, -0.1) is 0 Å². The predicted molar refractivity (Wildman–Crippen MR) is 244 cm³/mol. The van der Waals surface area contributed by atoms with Gasteiger partial charge in [0.15, 0.2) is 0 Å². The zero-order valence-corrected chi connectivity index (χ0v) is 36.6. The number of hydrogen-bond acceptors (Lipinski definition) is 1. The van der Waals surface area contributed by atoms with Crippen molar-refractivity contribution in [3.63, 3.8) is 0 Å². The zero-order chi connectivity index (χ0) is 40.6. The highest BCUT2D eigenvalue weighted by Crippen LogP contribution is 2.51. The number of anilines is 3. The van der Waals surface area contributed by atoms with Crippen LogP contribution in [0.3, 0.4) is 0 Å². The molecule has 0 unspecified atom stereocenters. The maximum Gasteiger partial charge on any atom is 0.0465 e. The van der Waals surface area contributed by atoms with Crippen LogP contribution in [0.15, 0.2) is 127 Å². The van der Waals surface area contributed by atoms with Crippen LogP contribution in [0.1, 0.15) is 130 Å². The van der Waals surface area contributed by atoms with Gasteiger partial charge in [-0.3, -0.25) is 0 Å². The van der Waals surface area contributed by atoms with Crippen LogP contribution in [0, 0.1) is 0 Å². The summed E-state index contributed by atoms with van der Waals surface area (Å²) in [5.41, 5.74) is 19.5. The van der Waals surface area contributed by atoms with E-state index in [2.05, 4.69) is 229 Å². The Morgan fingerprint density at radius 3 is 1.27 bits per heavy atom. The summed E-state index contributed by atoms with van der Waals surface area (Å²) in [5.74, 6) is 0. The van der Waals surface area contributed by atoms with E-state index in [1.165, 1.54) is 72.4 Å². The molecule has 1 aliphatic carbocycles. The minimum atomic E-state index is -0.0800. The van der Waals surface area contributed by atoms with Crippen molar-refractivity contribution in [1.29, 1.82) is 0 Å². The first-order valence-corrected chi connectivity index (χ1v) is 20.6. The minimum absolute atomic E-state index is 0.00375. The summed E-state index contributed by atoms with van der Waals surface area (Å²) in [5, 5.41) is 0. The molecule has 0 saturated carbocycles. The van der Waals surface area contributed by atoms with Crippen LogP contribution >= 0.6 is 0 Å². The van der Waals surface area contributed by atoms with Crippen molar-refractivity contribution in [3.05, 3.63) is 161 Å². The molecule has 7 rings (SSSR count). The largest absolute Gasteiger partial charge is 0.310 e. The molecule has 56 heavy (non-hydrogen) atoms. The lowest BCUT2D eigenvalue weighted by molar-refractivity contribution is 0.569. The van der Waals surface area contributed by atoms with Crippen molar-refractivity contribution >= 4 is 17.1 Å². The Hall–Kier alpha value is -4.88. The van der Waals surface area contributed by atoms with Crippen molar-refractivity contribution in [1.82, 2.24) is 0 Å². The lowest BCUT2D eigenvalue weighted by Crippen LogP contribution is -2.17. The molecule has 0 atom stereocenters. The summed E-state index contributed by atoms with van der Waals surface area (Å²) in [6, 6.07) is 48.9. The molecule has 0 aromatic heterocycles. The molecule has 1 heteroatoms. The number of fused-ring (bicyclic) bond motifs is 3. The van der Waals surface area contributed by atoms with Crippen LogP contribution in [0.4, 0.5) is 17.1 Å². The highest BCUT2D eigenvalue weighted by Gasteiger charge is 2.36. The summed E-state index contributed by atoms with van der Waals surface area (Å²) in [6.07, 6.45) is 0. The monoisotopic (exact) mass is 737 g/mol. The van der Waals surface area contributed by atoms with E-state index in [1.807, 2.05) is 0 Å². The van der Waals surface area contributed by atoms with Crippen molar-refractivity contribution in [2.24, 2.45) is 0 Å². The Balaban J connectivity index is 1.35. The van der Waals surface area contributed by atoms with E-state index in [0.29, 0.717) is 0 Å². The smallest absolute Gasteiger partial charge is 0.0465 e. The Labute approximate surface area is 338 Å². The van der Waals surface area contributed by atoms with E-state index in [1.54, 1.807) is 0 Å². The molecule has 0 bridgehead atoms. The molecule has 6 aromatic carbocycles. The van der Waals surface area contributed by atoms with Gasteiger partial charge in [-0.05, 0) is 131 Å². The molecule has 1 aliphatic rings. The predicted octanol–water partition coefficient (Wildman–Crippen LogP) is 16.0. The molecule has 0 spiro atoms. The maximum atomic E-state index is 2.43. The Morgan fingerprint density at radius 1 is 0.339 bits per heavy atom. The van der Waals surface area contributed by atoms with Gasteiger partial charge in [0.2, 0.25) is 0 Å². The SMILES string of the molecule is CC(C)(C)c1ccc(N(c2ccc(-c3cc(-c4cc(C(C)(C)C)cc(C(C)(C)C)c4)cc(C(C)(C)C)c3)cc2)c2ccc3c(c2)C(C)(C)c2ccccc2-3)cc1. The van der Waals surface area contributed by atoms with E-state index >= 15 is 0 Å². The lowest BCUT2D eigenvalue weighted by Gasteiger charge is -2.29. The van der Waals surface area contributed by atoms with E-state index in [9.17, 15) is 0 Å². The van der Waals surface area contributed by atoms with Crippen LogP contribution in [0.5, 0.6) is 0 Å². The van der Waals surface area contributed by atoms with Gasteiger partial charge in [0.05, 0.1) is 0 Å². The Kier molecular flexibility index (Phi) is 9.59. The molecule has 1 nitrogen and oxygen atoms in total. The van der Waals surface area contributed by atoms with Gasteiger partial charge in [0, 0.05) is 22.5 Å². The molecule has 0 radical (unpaired) electrons. The average Bonchev–Trinajstić information content (AvgIpc) is 3.36. The van der Waals surface area contributed by atoms with E-state index in [0.717, 1.165) is 11.4 Å². The molecule has 0 heterocycles. The van der Waals surface area contributed by atoms with Crippen molar-refractivity contribution in [2.45, 2.75) is 124 Å². The minimum Gasteiger partial charge on any atom is -0.310 e. The average molecular weight is 738 g/mol. The normalized spacial score (nSPS) is 14.0. The molecular weight excluding hydrogens is 675 g/mol. The van der Waals surface area contributed by atoms with E-state index in [-0.39, 0.29) is 27.1 Å². The third-order valence-electron chi connectivity index (χ3n) is 12.1. The first kappa shape index (κ1) is 39.4. The first-order valence-electron chi connectivity index (χ1n) is 20.6. The first-order chi connectivity index (χ1) is 26.0. The fourth-order valence-corrected chi connectivity index (χ4v) is 8.25. The zero-order valence-electron chi connectivity index (χ0n) is 36.6.